The highest BCUT2D eigenvalue weighted by atomic mass is 16.6. The Morgan fingerprint density at radius 3 is 2.23 bits per heavy atom. The highest BCUT2D eigenvalue weighted by molar-refractivity contribution is 6.04. The fraction of sp³-hybridized carbons (Fsp3) is 0.500. The van der Waals surface area contributed by atoms with Gasteiger partial charge in [0.1, 0.15) is 5.60 Å². The van der Waals surface area contributed by atoms with E-state index >= 15 is 0 Å². The van der Waals surface area contributed by atoms with Crippen molar-refractivity contribution >= 4 is 11.9 Å². The summed E-state index contributed by atoms with van der Waals surface area (Å²) in [5, 5.41) is 9.36. The fourth-order valence-corrected chi connectivity index (χ4v) is 1.72. The van der Waals surface area contributed by atoms with Crippen molar-refractivity contribution in [2.75, 3.05) is 0 Å². The molecule has 1 aromatic carbocycles. The molecule has 1 aromatic rings. The lowest BCUT2D eigenvalue weighted by molar-refractivity contribution is -0.177. The molecule has 2 atom stereocenters. The highest BCUT2D eigenvalue weighted by Gasteiger charge is 2.51. The second kappa shape index (κ2) is 6.89. The zero-order valence-electron chi connectivity index (χ0n) is 13.3. The van der Waals surface area contributed by atoms with E-state index in [0.717, 1.165) is 5.56 Å². The molecule has 0 heterocycles. The Kier molecular flexibility index (Phi) is 5.68. The van der Waals surface area contributed by atoms with E-state index < -0.39 is 29.2 Å². The molecule has 3 N–H and O–H groups in total. The first-order chi connectivity index (χ1) is 10.1. The Hall–Kier alpha value is -1.92. The van der Waals surface area contributed by atoms with Crippen molar-refractivity contribution in [3.05, 3.63) is 35.9 Å². The molecule has 0 amide bonds. The predicted molar refractivity (Wildman–Crippen MR) is 81.1 cm³/mol. The fourth-order valence-electron chi connectivity index (χ4n) is 1.72. The summed E-state index contributed by atoms with van der Waals surface area (Å²) in [6, 6.07) is 9.20. The van der Waals surface area contributed by atoms with Crippen LogP contribution < -0.4 is 5.73 Å². The molecule has 1 rings (SSSR count). The Morgan fingerprint density at radius 1 is 1.23 bits per heavy atom. The summed E-state index contributed by atoms with van der Waals surface area (Å²) in [5.41, 5.74) is 3.55. The molecule has 0 aliphatic heterocycles. The number of esters is 1. The van der Waals surface area contributed by atoms with Crippen molar-refractivity contribution in [2.24, 2.45) is 5.73 Å². The van der Waals surface area contributed by atoms with Gasteiger partial charge in [-0.25, -0.2) is 9.59 Å². The normalized spacial score (nSPS) is 15.7. The Labute approximate surface area is 130 Å². The first-order valence-electron chi connectivity index (χ1n) is 6.98. The van der Waals surface area contributed by atoms with Crippen LogP contribution in [0.1, 0.15) is 33.3 Å². The van der Waals surface area contributed by atoms with Crippen molar-refractivity contribution in [1.29, 1.82) is 0 Å². The van der Waals surface area contributed by atoms with E-state index in [1.54, 1.807) is 20.8 Å². The second-order valence-electron chi connectivity index (χ2n) is 6.11. The van der Waals surface area contributed by atoms with Crippen LogP contribution in [-0.2, 0) is 25.7 Å². The number of rotatable bonds is 6. The minimum absolute atomic E-state index is 0.150. The highest BCUT2D eigenvalue weighted by Crippen LogP contribution is 2.19. The van der Waals surface area contributed by atoms with Gasteiger partial charge in [-0.1, -0.05) is 30.3 Å². The van der Waals surface area contributed by atoms with E-state index in [9.17, 15) is 14.7 Å². The number of ether oxygens (including phenoxy) is 2. The van der Waals surface area contributed by atoms with Gasteiger partial charge in [-0.05, 0) is 33.3 Å². The van der Waals surface area contributed by atoms with Gasteiger partial charge in [0.05, 0.1) is 12.7 Å². The minimum atomic E-state index is -2.26. The first kappa shape index (κ1) is 18.1. The lowest BCUT2D eigenvalue weighted by atomic mass is 9.94. The molecule has 0 saturated heterocycles. The third kappa shape index (κ3) is 4.54. The number of benzene rings is 1. The molecule has 0 spiro atoms. The molecule has 22 heavy (non-hydrogen) atoms. The number of carboxylic acid groups (broad SMARTS) is 1. The monoisotopic (exact) mass is 309 g/mol. The van der Waals surface area contributed by atoms with E-state index in [4.69, 9.17) is 15.2 Å². The Bertz CT molecular complexity index is 523. The standard InChI is InChI=1S/C16H23NO5/c1-11(21-10-12-8-6-5-7-9-12)16(17,13(18)19)14(20)22-15(2,3)4/h5-9,11H,10,17H2,1-4H3,(H,18,19)/t11?,16-/m1/s1. The van der Waals surface area contributed by atoms with Gasteiger partial charge in [0.25, 0.3) is 0 Å². The number of hydrogen-bond acceptors (Lipinski definition) is 5. The Morgan fingerprint density at radius 2 is 1.77 bits per heavy atom. The maximum absolute atomic E-state index is 12.2. The van der Waals surface area contributed by atoms with Crippen LogP contribution in [0.4, 0.5) is 0 Å². The van der Waals surface area contributed by atoms with E-state index in [-0.39, 0.29) is 6.61 Å². The van der Waals surface area contributed by atoms with Crippen LogP contribution in [0.3, 0.4) is 0 Å². The van der Waals surface area contributed by atoms with Crippen LogP contribution in [0.2, 0.25) is 0 Å². The molecule has 122 valence electrons. The van der Waals surface area contributed by atoms with Crippen LogP contribution in [0, 0.1) is 0 Å². The lowest BCUT2D eigenvalue weighted by Gasteiger charge is -2.32. The molecular weight excluding hydrogens is 286 g/mol. The van der Waals surface area contributed by atoms with E-state index in [0.29, 0.717) is 0 Å². The van der Waals surface area contributed by atoms with Crippen molar-refractivity contribution in [3.8, 4) is 0 Å². The zero-order chi connectivity index (χ0) is 17.0. The third-order valence-electron chi connectivity index (χ3n) is 3.07. The maximum atomic E-state index is 12.2. The second-order valence-corrected chi connectivity index (χ2v) is 6.11. The molecule has 1 unspecified atom stereocenters. The summed E-state index contributed by atoms with van der Waals surface area (Å²) in [5.74, 6) is -2.50. The van der Waals surface area contributed by atoms with Crippen molar-refractivity contribution in [1.82, 2.24) is 0 Å². The lowest BCUT2D eigenvalue weighted by Crippen LogP contribution is -2.64. The van der Waals surface area contributed by atoms with Crippen molar-refractivity contribution in [2.45, 2.75) is 51.5 Å². The molecule has 0 aromatic heterocycles. The van der Waals surface area contributed by atoms with Gasteiger partial charge in [0, 0.05) is 0 Å². The van der Waals surface area contributed by atoms with Gasteiger partial charge in [-0.3, -0.25) is 0 Å². The molecule has 0 bridgehead atoms. The molecular formula is C16H23NO5. The summed E-state index contributed by atoms with van der Waals surface area (Å²) in [6.07, 6.45) is -1.06. The largest absolute Gasteiger partial charge is 0.479 e. The van der Waals surface area contributed by atoms with Crippen LogP contribution >= 0.6 is 0 Å². The maximum Gasteiger partial charge on any atom is 0.341 e. The number of carboxylic acids is 1. The van der Waals surface area contributed by atoms with Crippen molar-refractivity contribution in [3.63, 3.8) is 0 Å². The predicted octanol–water partition coefficient (Wildman–Crippen LogP) is 1.72. The number of carbonyl (C=O) groups excluding carboxylic acids is 1. The van der Waals surface area contributed by atoms with Gasteiger partial charge in [-0.2, -0.15) is 0 Å². The van der Waals surface area contributed by atoms with Crippen LogP contribution in [-0.4, -0.2) is 34.3 Å². The van der Waals surface area contributed by atoms with E-state index in [2.05, 4.69) is 0 Å². The molecule has 0 saturated carbocycles. The molecule has 6 heteroatoms. The number of nitrogens with two attached hydrogens (primary N) is 1. The molecule has 6 nitrogen and oxygen atoms in total. The quantitative estimate of drug-likeness (QED) is 0.613. The third-order valence-corrected chi connectivity index (χ3v) is 3.07. The van der Waals surface area contributed by atoms with Gasteiger partial charge >= 0.3 is 11.9 Å². The smallest absolute Gasteiger partial charge is 0.341 e. The van der Waals surface area contributed by atoms with E-state index in [1.165, 1.54) is 6.92 Å². The summed E-state index contributed by atoms with van der Waals surface area (Å²) in [6.45, 7) is 6.52. The van der Waals surface area contributed by atoms with Crippen LogP contribution in [0.15, 0.2) is 30.3 Å². The summed E-state index contributed by atoms with van der Waals surface area (Å²) < 4.78 is 10.6. The van der Waals surface area contributed by atoms with Crippen molar-refractivity contribution < 1.29 is 24.2 Å². The summed E-state index contributed by atoms with van der Waals surface area (Å²) >= 11 is 0. The first-order valence-corrected chi connectivity index (χ1v) is 6.98. The van der Waals surface area contributed by atoms with Gasteiger partial charge < -0.3 is 20.3 Å². The number of hydrogen-bond donors (Lipinski definition) is 2. The average molecular weight is 309 g/mol. The van der Waals surface area contributed by atoms with Crippen LogP contribution in [0.5, 0.6) is 0 Å². The molecule has 0 radical (unpaired) electrons. The summed E-state index contributed by atoms with van der Waals surface area (Å²) in [4.78, 5) is 23.7. The minimum Gasteiger partial charge on any atom is -0.479 e. The summed E-state index contributed by atoms with van der Waals surface area (Å²) in [7, 11) is 0. The Balaban J connectivity index is 2.84. The van der Waals surface area contributed by atoms with Gasteiger partial charge in [0.15, 0.2) is 0 Å². The van der Waals surface area contributed by atoms with Gasteiger partial charge in [0.2, 0.25) is 5.54 Å². The van der Waals surface area contributed by atoms with Gasteiger partial charge in [-0.15, -0.1) is 0 Å². The molecule has 0 fully saturated rings. The van der Waals surface area contributed by atoms with E-state index in [1.807, 2.05) is 30.3 Å². The topological polar surface area (TPSA) is 98.9 Å². The number of carbonyl (C=O) groups is 2. The number of aliphatic carboxylic acids is 1. The average Bonchev–Trinajstić information content (AvgIpc) is 2.42. The van der Waals surface area contributed by atoms with Crippen LogP contribution in [0.25, 0.3) is 0 Å². The SMILES string of the molecule is CC(OCc1ccccc1)[C@@](N)(C(=O)O)C(=O)OC(C)(C)C. The zero-order valence-corrected chi connectivity index (χ0v) is 13.3. The molecule has 0 aliphatic rings. The molecule has 0 aliphatic carbocycles.